The lowest BCUT2D eigenvalue weighted by atomic mass is 10.3. The molecule has 6 heteroatoms. The highest BCUT2D eigenvalue weighted by molar-refractivity contribution is 5.67. The summed E-state index contributed by atoms with van der Waals surface area (Å²) in [6, 6.07) is 7.67. The zero-order valence-corrected chi connectivity index (χ0v) is 14.0. The summed E-state index contributed by atoms with van der Waals surface area (Å²) in [5, 5.41) is 0. The Balaban J connectivity index is 1.64. The number of carbonyl (C=O) groups excluding carboxylic acids is 1. The van der Waals surface area contributed by atoms with E-state index in [9.17, 15) is 4.79 Å². The van der Waals surface area contributed by atoms with E-state index in [1.165, 1.54) is 0 Å². The summed E-state index contributed by atoms with van der Waals surface area (Å²) in [6.45, 7) is 9.49. The third-order valence-electron chi connectivity index (χ3n) is 3.71. The van der Waals surface area contributed by atoms with Gasteiger partial charge in [0.25, 0.3) is 0 Å². The van der Waals surface area contributed by atoms with Crippen molar-refractivity contribution in [3.05, 3.63) is 24.3 Å². The number of hydrogen-bond acceptors (Lipinski definition) is 5. The van der Waals surface area contributed by atoms with Crippen molar-refractivity contribution >= 4 is 6.09 Å². The van der Waals surface area contributed by atoms with Crippen LogP contribution in [0, 0.1) is 0 Å². The number of rotatable bonds is 7. The van der Waals surface area contributed by atoms with Gasteiger partial charge in [0.2, 0.25) is 0 Å². The molecule has 1 amide bonds. The fourth-order valence-corrected chi connectivity index (χ4v) is 2.46. The molecule has 0 bridgehead atoms. The van der Waals surface area contributed by atoms with Gasteiger partial charge in [-0.15, -0.1) is 0 Å². The lowest BCUT2D eigenvalue weighted by Gasteiger charge is -2.33. The summed E-state index contributed by atoms with van der Waals surface area (Å²) < 4.78 is 16.2. The number of benzene rings is 1. The average Bonchev–Trinajstić information content (AvgIpc) is 2.57. The molecular weight excluding hydrogens is 296 g/mol. The van der Waals surface area contributed by atoms with Crippen LogP contribution in [0.1, 0.15) is 13.8 Å². The number of ether oxygens (including phenoxy) is 3. The number of nitrogens with zero attached hydrogens (tertiary/aromatic N) is 2. The quantitative estimate of drug-likeness (QED) is 0.770. The molecular formula is C17H26N2O4. The molecule has 6 nitrogen and oxygen atoms in total. The van der Waals surface area contributed by atoms with E-state index in [0.29, 0.717) is 32.9 Å². The van der Waals surface area contributed by atoms with Crippen LogP contribution in [0.3, 0.4) is 0 Å². The van der Waals surface area contributed by atoms with Crippen LogP contribution in [-0.2, 0) is 4.74 Å². The van der Waals surface area contributed by atoms with Crippen LogP contribution in [-0.4, -0.2) is 68.4 Å². The van der Waals surface area contributed by atoms with Gasteiger partial charge in [-0.25, -0.2) is 4.79 Å². The van der Waals surface area contributed by atoms with E-state index >= 15 is 0 Å². The molecule has 23 heavy (non-hydrogen) atoms. The predicted molar refractivity (Wildman–Crippen MR) is 88.1 cm³/mol. The number of amides is 1. The van der Waals surface area contributed by atoms with Crippen molar-refractivity contribution in [1.82, 2.24) is 9.80 Å². The molecule has 0 N–H and O–H groups in total. The molecule has 1 heterocycles. The van der Waals surface area contributed by atoms with Gasteiger partial charge in [-0.3, -0.25) is 4.90 Å². The summed E-state index contributed by atoms with van der Waals surface area (Å²) >= 11 is 0. The number of piperazine rings is 1. The maximum Gasteiger partial charge on any atom is 0.409 e. The van der Waals surface area contributed by atoms with E-state index in [1.807, 2.05) is 38.1 Å². The van der Waals surface area contributed by atoms with Gasteiger partial charge in [0.05, 0.1) is 13.2 Å². The standard InChI is InChI=1S/C17H26N2O4/c1-3-21-15-5-7-16(8-6-15)23-14-13-18-9-11-19(12-10-18)17(20)22-4-2/h5-8H,3-4,9-14H2,1-2H3. The molecule has 1 fully saturated rings. The zero-order valence-electron chi connectivity index (χ0n) is 14.0. The van der Waals surface area contributed by atoms with Crippen LogP contribution in [0.5, 0.6) is 11.5 Å². The Morgan fingerprint density at radius 1 is 0.957 bits per heavy atom. The Morgan fingerprint density at radius 3 is 2.13 bits per heavy atom. The topological polar surface area (TPSA) is 51.2 Å². The molecule has 1 aromatic rings. The van der Waals surface area contributed by atoms with Gasteiger partial charge in [-0.05, 0) is 38.1 Å². The molecule has 0 radical (unpaired) electrons. The third kappa shape index (κ3) is 5.63. The minimum absolute atomic E-state index is 0.210. The van der Waals surface area contributed by atoms with Gasteiger partial charge >= 0.3 is 6.09 Å². The summed E-state index contributed by atoms with van der Waals surface area (Å²) in [4.78, 5) is 15.7. The van der Waals surface area contributed by atoms with Gasteiger partial charge in [-0.1, -0.05) is 0 Å². The van der Waals surface area contributed by atoms with Crippen molar-refractivity contribution in [3.8, 4) is 11.5 Å². The van der Waals surface area contributed by atoms with Gasteiger partial charge < -0.3 is 19.1 Å². The highest BCUT2D eigenvalue weighted by Crippen LogP contribution is 2.17. The molecule has 1 aliphatic rings. The Labute approximate surface area is 137 Å². The first-order valence-electron chi connectivity index (χ1n) is 8.22. The molecule has 1 saturated heterocycles. The maximum absolute atomic E-state index is 11.6. The van der Waals surface area contributed by atoms with Gasteiger partial charge in [0, 0.05) is 32.7 Å². The van der Waals surface area contributed by atoms with Crippen molar-refractivity contribution in [1.29, 1.82) is 0 Å². The van der Waals surface area contributed by atoms with E-state index in [4.69, 9.17) is 14.2 Å². The maximum atomic E-state index is 11.6. The summed E-state index contributed by atoms with van der Waals surface area (Å²) in [5.74, 6) is 1.70. The monoisotopic (exact) mass is 322 g/mol. The van der Waals surface area contributed by atoms with Crippen LogP contribution in [0.25, 0.3) is 0 Å². The molecule has 0 spiro atoms. The fraction of sp³-hybridized carbons (Fsp3) is 0.588. The second-order valence-electron chi connectivity index (χ2n) is 5.28. The molecule has 1 aliphatic heterocycles. The van der Waals surface area contributed by atoms with Crippen molar-refractivity contribution in [2.75, 3.05) is 52.5 Å². The molecule has 2 rings (SSSR count). The first-order chi connectivity index (χ1) is 11.2. The molecule has 0 aromatic heterocycles. The second kappa shape index (κ2) is 9.25. The minimum atomic E-state index is -0.210. The summed E-state index contributed by atoms with van der Waals surface area (Å²) in [7, 11) is 0. The molecule has 0 aliphatic carbocycles. The Morgan fingerprint density at radius 2 is 1.57 bits per heavy atom. The van der Waals surface area contributed by atoms with E-state index < -0.39 is 0 Å². The third-order valence-corrected chi connectivity index (χ3v) is 3.71. The highest BCUT2D eigenvalue weighted by Gasteiger charge is 2.21. The van der Waals surface area contributed by atoms with Crippen molar-refractivity contribution in [3.63, 3.8) is 0 Å². The van der Waals surface area contributed by atoms with Gasteiger partial charge in [0.15, 0.2) is 0 Å². The molecule has 1 aromatic carbocycles. The lowest BCUT2D eigenvalue weighted by Crippen LogP contribution is -2.49. The van der Waals surface area contributed by atoms with Crippen LogP contribution in [0.15, 0.2) is 24.3 Å². The lowest BCUT2D eigenvalue weighted by molar-refractivity contribution is 0.0757. The Hall–Kier alpha value is -1.95. The van der Waals surface area contributed by atoms with Crippen LogP contribution < -0.4 is 9.47 Å². The molecule has 0 unspecified atom stereocenters. The largest absolute Gasteiger partial charge is 0.494 e. The van der Waals surface area contributed by atoms with Gasteiger partial charge in [-0.2, -0.15) is 0 Å². The second-order valence-corrected chi connectivity index (χ2v) is 5.28. The van der Waals surface area contributed by atoms with E-state index in [-0.39, 0.29) is 6.09 Å². The van der Waals surface area contributed by atoms with Crippen molar-refractivity contribution in [2.45, 2.75) is 13.8 Å². The normalized spacial score (nSPS) is 15.3. The SMILES string of the molecule is CCOC(=O)N1CCN(CCOc2ccc(OCC)cc2)CC1. The smallest absolute Gasteiger partial charge is 0.409 e. The zero-order chi connectivity index (χ0) is 16.5. The van der Waals surface area contributed by atoms with Crippen LogP contribution >= 0.6 is 0 Å². The average molecular weight is 322 g/mol. The van der Waals surface area contributed by atoms with Gasteiger partial charge in [0.1, 0.15) is 18.1 Å². The Bertz CT molecular complexity index is 470. The van der Waals surface area contributed by atoms with E-state index in [2.05, 4.69) is 4.90 Å². The highest BCUT2D eigenvalue weighted by atomic mass is 16.6. The number of hydrogen-bond donors (Lipinski definition) is 0. The van der Waals surface area contributed by atoms with Crippen LogP contribution in [0.4, 0.5) is 4.79 Å². The van der Waals surface area contributed by atoms with E-state index in [0.717, 1.165) is 31.1 Å². The predicted octanol–water partition coefficient (Wildman–Crippen LogP) is 2.24. The fourth-order valence-electron chi connectivity index (χ4n) is 2.46. The summed E-state index contributed by atoms with van der Waals surface area (Å²) in [5.41, 5.74) is 0. The molecule has 0 atom stereocenters. The van der Waals surface area contributed by atoms with Crippen molar-refractivity contribution in [2.24, 2.45) is 0 Å². The number of carbonyl (C=O) groups is 1. The van der Waals surface area contributed by atoms with E-state index in [1.54, 1.807) is 4.90 Å². The van der Waals surface area contributed by atoms with Crippen LogP contribution in [0.2, 0.25) is 0 Å². The Kier molecular flexibility index (Phi) is 7.00. The molecule has 128 valence electrons. The first kappa shape index (κ1) is 17.4. The minimum Gasteiger partial charge on any atom is -0.494 e. The van der Waals surface area contributed by atoms with Crippen molar-refractivity contribution < 1.29 is 19.0 Å². The molecule has 0 saturated carbocycles. The summed E-state index contributed by atoms with van der Waals surface area (Å²) in [6.07, 6.45) is -0.210. The first-order valence-corrected chi connectivity index (χ1v) is 8.22.